The Morgan fingerprint density at radius 3 is 2.18 bits per heavy atom. The van der Waals surface area contributed by atoms with Gasteiger partial charge in [-0.25, -0.2) is 28.1 Å². The van der Waals surface area contributed by atoms with Gasteiger partial charge in [0.2, 0.25) is 6.79 Å². The van der Waals surface area contributed by atoms with Crippen molar-refractivity contribution in [3.63, 3.8) is 0 Å². The first-order chi connectivity index (χ1) is 13.6. The Labute approximate surface area is 160 Å². The molecule has 0 radical (unpaired) electrons. The molecule has 0 atom stereocenters. The van der Waals surface area contributed by atoms with Gasteiger partial charge in [-0.15, -0.1) is 13.2 Å². The van der Waals surface area contributed by atoms with Crippen molar-refractivity contribution >= 4 is 0 Å². The third-order valence-electron chi connectivity index (χ3n) is 4.15. The van der Waals surface area contributed by atoms with Gasteiger partial charge in [-0.1, -0.05) is 12.2 Å². The van der Waals surface area contributed by atoms with Crippen molar-refractivity contribution in [2.24, 2.45) is 0 Å². The molecule has 1 aromatic carbocycles. The molecule has 0 saturated carbocycles. The minimum absolute atomic E-state index is 0.0167. The Morgan fingerprint density at radius 2 is 1.54 bits per heavy atom. The predicted molar refractivity (Wildman–Crippen MR) is 102 cm³/mol. The van der Waals surface area contributed by atoms with Crippen LogP contribution in [0.25, 0.3) is 0 Å². The van der Waals surface area contributed by atoms with Crippen molar-refractivity contribution in [2.75, 3.05) is 13.4 Å². The van der Waals surface area contributed by atoms with E-state index in [2.05, 4.69) is 13.2 Å². The van der Waals surface area contributed by atoms with E-state index in [1.807, 2.05) is 0 Å². The summed E-state index contributed by atoms with van der Waals surface area (Å²) in [4.78, 5) is 37.4. The summed E-state index contributed by atoms with van der Waals surface area (Å²) < 4.78 is 19.1. The minimum Gasteiger partial charge on any atom is -0.493 e. The first kappa shape index (κ1) is 19.3. The molecule has 28 heavy (non-hydrogen) atoms. The fourth-order valence-corrected chi connectivity index (χ4v) is 2.82. The van der Waals surface area contributed by atoms with Gasteiger partial charge in [0.15, 0.2) is 11.5 Å². The number of hydrogen-bond donors (Lipinski definition) is 0. The molecular weight excluding hydrogens is 366 g/mol. The highest BCUT2D eigenvalue weighted by Gasteiger charge is 2.15. The molecule has 9 nitrogen and oxygen atoms in total. The lowest BCUT2D eigenvalue weighted by atomic mass is 10.3. The van der Waals surface area contributed by atoms with Crippen LogP contribution in [0.3, 0.4) is 0 Å². The van der Waals surface area contributed by atoms with E-state index in [9.17, 15) is 14.4 Å². The zero-order valence-corrected chi connectivity index (χ0v) is 15.3. The third-order valence-corrected chi connectivity index (χ3v) is 4.15. The number of ether oxygens (including phenoxy) is 3. The van der Waals surface area contributed by atoms with Crippen LogP contribution in [0.15, 0.2) is 57.9 Å². The van der Waals surface area contributed by atoms with Crippen LogP contribution in [0, 0.1) is 0 Å². The van der Waals surface area contributed by atoms with E-state index in [0.717, 1.165) is 13.7 Å². The summed E-state index contributed by atoms with van der Waals surface area (Å²) in [6, 6.07) is 5.22. The molecule has 0 saturated heterocycles. The fourth-order valence-electron chi connectivity index (χ4n) is 2.82. The van der Waals surface area contributed by atoms with E-state index in [1.165, 1.54) is 12.2 Å². The van der Waals surface area contributed by atoms with E-state index in [-0.39, 0.29) is 33.0 Å². The van der Waals surface area contributed by atoms with E-state index in [1.54, 1.807) is 18.2 Å². The second kappa shape index (κ2) is 8.47. The van der Waals surface area contributed by atoms with Crippen LogP contribution < -0.4 is 31.3 Å². The Hall–Kier alpha value is -3.49. The Bertz CT molecular complexity index is 1010. The topological polar surface area (TPSA) is 93.7 Å². The van der Waals surface area contributed by atoms with Crippen molar-refractivity contribution < 1.29 is 14.2 Å². The summed E-state index contributed by atoms with van der Waals surface area (Å²) in [5.74, 6) is 1.86. The molecule has 2 aromatic rings. The number of rotatable bonds is 9. The van der Waals surface area contributed by atoms with Gasteiger partial charge < -0.3 is 14.2 Å². The quantitative estimate of drug-likeness (QED) is 0.465. The molecule has 0 bridgehead atoms. The van der Waals surface area contributed by atoms with Crippen molar-refractivity contribution in [3.8, 4) is 17.2 Å². The summed E-state index contributed by atoms with van der Waals surface area (Å²) in [6.45, 7) is 7.68. The molecule has 0 fully saturated rings. The maximum atomic E-state index is 12.5. The van der Waals surface area contributed by atoms with Crippen molar-refractivity contribution in [3.05, 3.63) is 75.0 Å². The molecule has 9 heteroatoms. The minimum atomic E-state index is -0.678. The van der Waals surface area contributed by atoms with Gasteiger partial charge >= 0.3 is 17.1 Å². The number of benzene rings is 1. The molecule has 0 N–H and O–H groups in total. The average Bonchev–Trinajstić information content (AvgIpc) is 3.16. The molecule has 0 amide bonds. The largest absolute Gasteiger partial charge is 0.493 e. The molecule has 0 spiro atoms. The molecule has 2 heterocycles. The van der Waals surface area contributed by atoms with Crippen LogP contribution in [0.5, 0.6) is 17.2 Å². The van der Waals surface area contributed by atoms with Gasteiger partial charge in [-0.05, 0) is 18.6 Å². The van der Waals surface area contributed by atoms with Crippen molar-refractivity contribution in [1.29, 1.82) is 0 Å². The standard InChI is InChI=1S/C19H21N3O6/c1-3-8-20-17(23)21(9-4-2)19(25)22(18(20)24)10-5-11-26-14-6-7-15-16(12-14)28-13-27-15/h3-4,6-7,12H,1-2,5,8-11,13H2. The maximum absolute atomic E-state index is 12.5. The summed E-state index contributed by atoms with van der Waals surface area (Å²) >= 11 is 0. The molecular formula is C19H21N3O6. The normalized spacial score (nSPS) is 12.0. The van der Waals surface area contributed by atoms with Gasteiger partial charge in [0.1, 0.15) is 5.75 Å². The van der Waals surface area contributed by atoms with E-state index in [4.69, 9.17) is 14.2 Å². The van der Waals surface area contributed by atoms with Gasteiger partial charge in [0.25, 0.3) is 0 Å². The summed E-state index contributed by atoms with van der Waals surface area (Å²) in [5.41, 5.74) is -2.01. The number of allylic oxidation sites excluding steroid dienone is 2. The smallest absolute Gasteiger partial charge is 0.336 e. The monoisotopic (exact) mass is 387 g/mol. The lowest BCUT2D eigenvalue weighted by Crippen LogP contribution is -2.54. The van der Waals surface area contributed by atoms with Gasteiger partial charge in [-0.2, -0.15) is 0 Å². The van der Waals surface area contributed by atoms with Crippen molar-refractivity contribution in [1.82, 2.24) is 13.7 Å². The van der Waals surface area contributed by atoms with Crippen LogP contribution >= 0.6 is 0 Å². The van der Waals surface area contributed by atoms with E-state index >= 15 is 0 Å². The lowest BCUT2D eigenvalue weighted by Gasteiger charge is -2.12. The Kier molecular flexibility index (Phi) is 5.83. The SMILES string of the molecule is C=CCn1c(=O)n(CC=C)c(=O)n(CCCOc2ccc3c(c2)OCO3)c1=O. The number of nitrogens with zero attached hydrogens (tertiary/aromatic N) is 3. The highest BCUT2D eigenvalue weighted by atomic mass is 16.7. The summed E-state index contributed by atoms with van der Waals surface area (Å²) in [7, 11) is 0. The highest BCUT2D eigenvalue weighted by molar-refractivity contribution is 5.46. The maximum Gasteiger partial charge on any atom is 0.336 e. The predicted octanol–water partition coefficient (Wildman–Crippen LogP) is 0.741. The van der Waals surface area contributed by atoms with Crippen LogP contribution in [-0.4, -0.2) is 27.1 Å². The van der Waals surface area contributed by atoms with Crippen LogP contribution in [0.1, 0.15) is 6.42 Å². The first-order valence-corrected chi connectivity index (χ1v) is 8.75. The van der Waals surface area contributed by atoms with E-state index in [0.29, 0.717) is 23.7 Å². The third kappa shape index (κ3) is 3.78. The second-order valence-electron chi connectivity index (χ2n) is 6.02. The molecule has 0 unspecified atom stereocenters. The van der Waals surface area contributed by atoms with Crippen LogP contribution in [-0.2, 0) is 19.6 Å². The van der Waals surface area contributed by atoms with E-state index < -0.39 is 17.1 Å². The zero-order valence-electron chi connectivity index (χ0n) is 15.3. The molecule has 148 valence electrons. The van der Waals surface area contributed by atoms with Crippen molar-refractivity contribution in [2.45, 2.75) is 26.1 Å². The number of aromatic nitrogens is 3. The molecule has 3 rings (SSSR count). The van der Waals surface area contributed by atoms with Crippen LogP contribution in [0.4, 0.5) is 0 Å². The zero-order chi connectivity index (χ0) is 20.1. The van der Waals surface area contributed by atoms with Crippen LogP contribution in [0.2, 0.25) is 0 Å². The average molecular weight is 387 g/mol. The molecule has 1 aromatic heterocycles. The molecule has 1 aliphatic heterocycles. The van der Waals surface area contributed by atoms with Gasteiger partial charge in [-0.3, -0.25) is 0 Å². The fraction of sp³-hybridized carbons (Fsp3) is 0.316. The Balaban J connectivity index is 1.73. The number of hydrogen-bond acceptors (Lipinski definition) is 6. The molecule has 1 aliphatic rings. The number of fused-ring (bicyclic) bond motifs is 1. The first-order valence-electron chi connectivity index (χ1n) is 8.75. The summed E-state index contributed by atoms with van der Waals surface area (Å²) in [5, 5.41) is 0. The van der Waals surface area contributed by atoms with Gasteiger partial charge in [0, 0.05) is 12.6 Å². The lowest BCUT2D eigenvalue weighted by molar-refractivity contribution is 0.173. The second-order valence-corrected chi connectivity index (χ2v) is 6.02. The van der Waals surface area contributed by atoms with Gasteiger partial charge in [0.05, 0.1) is 19.7 Å². The summed E-state index contributed by atoms with van der Waals surface area (Å²) in [6.07, 6.45) is 3.25. The highest BCUT2D eigenvalue weighted by Crippen LogP contribution is 2.35. The Morgan fingerprint density at radius 1 is 0.929 bits per heavy atom. The molecule has 0 aliphatic carbocycles.